The zero-order chi connectivity index (χ0) is 15.2. The van der Waals surface area contributed by atoms with E-state index >= 15 is 0 Å². The molecule has 1 N–H and O–H groups in total. The third-order valence-electron chi connectivity index (χ3n) is 2.96. The van der Waals surface area contributed by atoms with Gasteiger partial charge < -0.3 is 9.73 Å². The summed E-state index contributed by atoms with van der Waals surface area (Å²) in [6.07, 6.45) is 2.43. The normalized spacial score (nSPS) is 10.5. The van der Waals surface area contributed by atoms with Gasteiger partial charge in [-0.05, 0) is 23.6 Å². The van der Waals surface area contributed by atoms with E-state index in [-0.39, 0.29) is 5.91 Å². The molecule has 3 rings (SSSR count). The van der Waals surface area contributed by atoms with E-state index in [1.165, 1.54) is 11.3 Å². The van der Waals surface area contributed by atoms with Crippen LogP contribution in [0.25, 0.3) is 10.8 Å². The average molecular weight is 314 g/mol. The fourth-order valence-corrected chi connectivity index (χ4v) is 2.50. The lowest BCUT2D eigenvalue weighted by molar-refractivity contribution is -0.121. The molecule has 0 atom stereocenters. The molecule has 0 fully saturated rings. The van der Waals surface area contributed by atoms with Crippen LogP contribution in [0.5, 0.6) is 0 Å². The quantitative estimate of drug-likeness (QED) is 0.756. The molecular weight excluding hydrogens is 300 g/mol. The molecule has 22 heavy (non-hydrogen) atoms. The van der Waals surface area contributed by atoms with Crippen LogP contribution in [0.4, 0.5) is 0 Å². The first-order valence-electron chi connectivity index (χ1n) is 6.84. The minimum atomic E-state index is -0.0680. The van der Waals surface area contributed by atoms with Crippen molar-refractivity contribution in [3.05, 3.63) is 53.5 Å². The van der Waals surface area contributed by atoms with Crippen LogP contribution in [0.2, 0.25) is 0 Å². The zero-order valence-corrected chi connectivity index (χ0v) is 12.5. The van der Waals surface area contributed by atoms with Gasteiger partial charge in [0.25, 0.3) is 5.89 Å². The fraction of sp³-hybridized carbons (Fsp3) is 0.200. The van der Waals surface area contributed by atoms with Crippen molar-refractivity contribution in [1.82, 2.24) is 20.5 Å². The summed E-state index contributed by atoms with van der Waals surface area (Å²) in [6.45, 7) is 0.421. The monoisotopic (exact) mass is 314 g/mol. The summed E-state index contributed by atoms with van der Waals surface area (Å²) in [5, 5.41) is 12.7. The molecule has 0 unspecified atom stereocenters. The number of nitrogens with zero attached hydrogens (tertiary/aromatic N) is 3. The lowest BCUT2D eigenvalue weighted by Gasteiger charge is -2.03. The van der Waals surface area contributed by atoms with Crippen molar-refractivity contribution in [2.24, 2.45) is 0 Å². The highest BCUT2D eigenvalue weighted by Crippen LogP contribution is 2.23. The van der Waals surface area contributed by atoms with Crippen molar-refractivity contribution in [2.45, 2.75) is 19.4 Å². The van der Waals surface area contributed by atoms with E-state index in [2.05, 4.69) is 20.5 Å². The number of amides is 1. The first-order valence-corrected chi connectivity index (χ1v) is 7.72. The molecule has 1 amide bonds. The van der Waals surface area contributed by atoms with Gasteiger partial charge in [0, 0.05) is 19.0 Å². The Balaban J connectivity index is 1.47. The predicted molar refractivity (Wildman–Crippen MR) is 82.0 cm³/mol. The van der Waals surface area contributed by atoms with Gasteiger partial charge in [-0.1, -0.05) is 12.1 Å². The SMILES string of the molecule is O=C(CCc1nnc(-c2cccs2)o1)NCc1ccccn1. The number of carbonyl (C=O) groups is 1. The number of aryl methyl sites for hydroxylation is 1. The third kappa shape index (κ3) is 3.76. The second kappa shape index (κ2) is 6.95. The van der Waals surface area contributed by atoms with Gasteiger partial charge in [-0.25, -0.2) is 0 Å². The summed E-state index contributed by atoms with van der Waals surface area (Å²) in [7, 11) is 0. The summed E-state index contributed by atoms with van der Waals surface area (Å²) < 4.78 is 5.54. The van der Waals surface area contributed by atoms with E-state index in [4.69, 9.17) is 4.42 Å². The first-order chi connectivity index (χ1) is 10.8. The minimum absolute atomic E-state index is 0.0680. The Bertz CT molecular complexity index is 725. The van der Waals surface area contributed by atoms with Gasteiger partial charge in [0.2, 0.25) is 11.8 Å². The number of hydrogen-bond donors (Lipinski definition) is 1. The van der Waals surface area contributed by atoms with E-state index in [0.717, 1.165) is 10.6 Å². The molecule has 7 heteroatoms. The first kappa shape index (κ1) is 14.4. The number of hydrogen-bond acceptors (Lipinski definition) is 6. The zero-order valence-electron chi connectivity index (χ0n) is 11.7. The van der Waals surface area contributed by atoms with E-state index in [1.54, 1.807) is 6.20 Å². The molecule has 3 heterocycles. The third-order valence-corrected chi connectivity index (χ3v) is 3.82. The lowest BCUT2D eigenvalue weighted by Crippen LogP contribution is -2.23. The van der Waals surface area contributed by atoms with Crippen LogP contribution in [0.3, 0.4) is 0 Å². The molecule has 0 aliphatic heterocycles. The maximum absolute atomic E-state index is 11.8. The minimum Gasteiger partial charge on any atom is -0.420 e. The molecule has 112 valence electrons. The number of rotatable bonds is 6. The number of pyridine rings is 1. The molecule has 3 aromatic rings. The molecule has 0 bridgehead atoms. The van der Waals surface area contributed by atoms with Gasteiger partial charge in [-0.2, -0.15) is 0 Å². The summed E-state index contributed by atoms with van der Waals surface area (Å²) >= 11 is 1.54. The molecule has 0 aromatic carbocycles. The standard InChI is InChI=1S/C15H14N4O2S/c20-13(17-10-11-4-1-2-8-16-11)6-7-14-18-19-15(21-14)12-5-3-9-22-12/h1-5,8-9H,6-7,10H2,(H,17,20). The van der Waals surface area contributed by atoms with Crippen LogP contribution < -0.4 is 5.32 Å². The number of nitrogens with one attached hydrogen (secondary N) is 1. The lowest BCUT2D eigenvalue weighted by atomic mass is 10.3. The highest BCUT2D eigenvalue weighted by Gasteiger charge is 2.11. The van der Waals surface area contributed by atoms with Gasteiger partial charge in [-0.15, -0.1) is 21.5 Å². The van der Waals surface area contributed by atoms with Crippen LogP contribution in [0, 0.1) is 0 Å². The predicted octanol–water partition coefficient (Wildman–Crippen LogP) is 2.44. The van der Waals surface area contributed by atoms with Crippen LogP contribution in [-0.4, -0.2) is 21.1 Å². The second-order valence-electron chi connectivity index (χ2n) is 4.58. The maximum Gasteiger partial charge on any atom is 0.257 e. The van der Waals surface area contributed by atoms with E-state index < -0.39 is 0 Å². The van der Waals surface area contributed by atoms with Gasteiger partial charge >= 0.3 is 0 Å². The van der Waals surface area contributed by atoms with Gasteiger partial charge in [0.05, 0.1) is 17.1 Å². The molecule has 3 aromatic heterocycles. The van der Waals surface area contributed by atoms with Crippen LogP contribution >= 0.6 is 11.3 Å². The summed E-state index contributed by atoms with van der Waals surface area (Å²) in [5.74, 6) is 0.900. The average Bonchev–Trinajstić information content (AvgIpc) is 3.22. The van der Waals surface area contributed by atoms with Crippen molar-refractivity contribution in [2.75, 3.05) is 0 Å². The Morgan fingerprint density at radius 2 is 2.18 bits per heavy atom. The van der Waals surface area contributed by atoms with Gasteiger partial charge in [0.1, 0.15) is 0 Å². The van der Waals surface area contributed by atoms with E-state index in [9.17, 15) is 4.79 Å². The molecule has 0 spiro atoms. The second-order valence-corrected chi connectivity index (χ2v) is 5.52. The van der Waals surface area contributed by atoms with Crippen LogP contribution in [0.15, 0.2) is 46.3 Å². The Hall–Kier alpha value is -2.54. The van der Waals surface area contributed by atoms with Crippen molar-refractivity contribution in [3.63, 3.8) is 0 Å². The Morgan fingerprint density at radius 3 is 2.95 bits per heavy atom. The topological polar surface area (TPSA) is 80.9 Å². The smallest absolute Gasteiger partial charge is 0.257 e. The molecular formula is C15H14N4O2S. The number of carbonyl (C=O) groups excluding carboxylic acids is 1. The van der Waals surface area contributed by atoms with Crippen molar-refractivity contribution in [3.8, 4) is 10.8 Å². The van der Waals surface area contributed by atoms with Crippen LogP contribution in [-0.2, 0) is 17.8 Å². The number of thiophene rings is 1. The van der Waals surface area contributed by atoms with Crippen molar-refractivity contribution in [1.29, 1.82) is 0 Å². The largest absolute Gasteiger partial charge is 0.420 e. The molecule has 0 aliphatic carbocycles. The Kier molecular flexibility index (Phi) is 4.55. The number of aromatic nitrogens is 3. The van der Waals surface area contributed by atoms with Crippen molar-refractivity contribution >= 4 is 17.2 Å². The molecule has 0 aliphatic rings. The highest BCUT2D eigenvalue weighted by atomic mass is 32.1. The molecule has 0 saturated carbocycles. The Labute approximate surface area is 131 Å². The molecule has 0 saturated heterocycles. The summed E-state index contributed by atoms with van der Waals surface area (Å²) in [6, 6.07) is 9.44. The summed E-state index contributed by atoms with van der Waals surface area (Å²) in [4.78, 5) is 16.9. The summed E-state index contributed by atoms with van der Waals surface area (Å²) in [5.41, 5.74) is 0.827. The molecule has 0 radical (unpaired) electrons. The van der Waals surface area contributed by atoms with E-state index in [0.29, 0.717) is 31.2 Å². The Morgan fingerprint density at radius 1 is 1.23 bits per heavy atom. The van der Waals surface area contributed by atoms with E-state index in [1.807, 2.05) is 35.7 Å². The molecule has 6 nitrogen and oxygen atoms in total. The van der Waals surface area contributed by atoms with Crippen molar-refractivity contribution < 1.29 is 9.21 Å². The van der Waals surface area contributed by atoms with Crippen LogP contribution in [0.1, 0.15) is 18.0 Å². The maximum atomic E-state index is 11.8. The van der Waals surface area contributed by atoms with Gasteiger partial charge in [0.15, 0.2) is 0 Å². The fourth-order valence-electron chi connectivity index (χ4n) is 1.86. The van der Waals surface area contributed by atoms with Gasteiger partial charge in [-0.3, -0.25) is 9.78 Å². The highest BCUT2D eigenvalue weighted by molar-refractivity contribution is 7.13.